The number of nitrogens with zero attached hydrogens (tertiary/aromatic N) is 4. The number of hydrogen-bond acceptors (Lipinski definition) is 7. The van der Waals surface area contributed by atoms with Crippen LogP contribution in [0.25, 0.3) is 11.5 Å². The Balaban J connectivity index is 1.53. The molecule has 2 aromatic rings. The molecule has 32 heavy (non-hydrogen) atoms. The van der Waals surface area contributed by atoms with Gasteiger partial charge in [0.1, 0.15) is 5.60 Å². The molecule has 0 radical (unpaired) electrons. The first-order valence-corrected chi connectivity index (χ1v) is 11.6. The van der Waals surface area contributed by atoms with E-state index in [1.807, 2.05) is 0 Å². The molecule has 2 aliphatic heterocycles. The van der Waals surface area contributed by atoms with Crippen molar-refractivity contribution >= 4 is 16.1 Å². The molecule has 4 rings (SSSR count). The van der Waals surface area contributed by atoms with Crippen LogP contribution in [0.2, 0.25) is 0 Å². The number of carbonyl (C=O) groups is 1. The summed E-state index contributed by atoms with van der Waals surface area (Å²) in [6.45, 7) is 6.15. The number of amides is 1. The summed E-state index contributed by atoms with van der Waals surface area (Å²) in [5.41, 5.74) is 0.171. The van der Waals surface area contributed by atoms with E-state index in [0.29, 0.717) is 18.5 Å². The zero-order chi connectivity index (χ0) is 23.3. The summed E-state index contributed by atoms with van der Waals surface area (Å²) in [5.74, 6) is -1.00. The van der Waals surface area contributed by atoms with Gasteiger partial charge in [0.2, 0.25) is 15.9 Å². The van der Waals surface area contributed by atoms with E-state index >= 15 is 0 Å². The zero-order valence-corrected chi connectivity index (χ0v) is 18.7. The normalized spacial score (nSPS) is 20.7. The maximum atomic E-state index is 13.2. The fourth-order valence-electron chi connectivity index (χ4n) is 3.90. The Labute approximate surface area is 184 Å². The lowest BCUT2D eigenvalue weighted by atomic mass is 10.1. The molecule has 174 valence electrons. The highest BCUT2D eigenvalue weighted by molar-refractivity contribution is 7.89. The Morgan fingerprint density at radius 2 is 2.06 bits per heavy atom. The van der Waals surface area contributed by atoms with Gasteiger partial charge < -0.3 is 14.1 Å². The molecule has 1 saturated heterocycles. The molecule has 1 atom stereocenters. The Bertz CT molecular complexity index is 1130. The third-order valence-corrected chi connectivity index (χ3v) is 7.22. The lowest BCUT2D eigenvalue weighted by molar-refractivity contribution is 0.0213. The van der Waals surface area contributed by atoms with Crippen LogP contribution in [-0.4, -0.2) is 58.6 Å². The monoisotopic (exact) mass is 470 g/mol. The Hall–Kier alpha value is -2.60. The van der Waals surface area contributed by atoms with Gasteiger partial charge >= 0.3 is 12.5 Å². The van der Waals surface area contributed by atoms with Crippen LogP contribution in [0.3, 0.4) is 0 Å². The first-order valence-electron chi connectivity index (χ1n) is 10.2. The number of fused-ring (bicyclic) bond motifs is 1. The zero-order valence-electron chi connectivity index (χ0n) is 17.9. The number of likely N-dealkylation sites (tertiary alicyclic amines) is 1. The van der Waals surface area contributed by atoms with Gasteiger partial charge in [-0.15, -0.1) is 10.2 Å². The van der Waals surface area contributed by atoms with Gasteiger partial charge in [-0.25, -0.2) is 13.2 Å². The minimum absolute atomic E-state index is 0.0635. The van der Waals surface area contributed by atoms with Crippen LogP contribution in [0.4, 0.5) is 13.6 Å². The molecule has 0 saturated carbocycles. The van der Waals surface area contributed by atoms with Crippen LogP contribution in [-0.2, 0) is 21.3 Å². The number of alkyl halides is 2. The SMILES string of the molecule is CC(C)(C)OC(=O)N1CCCC1CN1Cc2ccc(-c3nnc(C(F)F)o3)cc2S1(=O)=O. The summed E-state index contributed by atoms with van der Waals surface area (Å²) >= 11 is 0. The number of aromatic nitrogens is 2. The van der Waals surface area contributed by atoms with Crippen LogP contribution in [0.5, 0.6) is 0 Å². The van der Waals surface area contributed by atoms with Crippen LogP contribution in [0.1, 0.15) is 51.5 Å². The van der Waals surface area contributed by atoms with Gasteiger partial charge in [-0.1, -0.05) is 6.07 Å². The lowest BCUT2D eigenvalue weighted by Crippen LogP contribution is -2.45. The first-order chi connectivity index (χ1) is 15.0. The maximum Gasteiger partial charge on any atom is 0.410 e. The van der Waals surface area contributed by atoms with Crippen molar-refractivity contribution in [3.8, 4) is 11.5 Å². The summed E-state index contributed by atoms with van der Waals surface area (Å²) in [6.07, 6.45) is -1.93. The van der Waals surface area contributed by atoms with Gasteiger partial charge in [0, 0.05) is 31.2 Å². The third-order valence-electron chi connectivity index (χ3n) is 5.33. The smallest absolute Gasteiger partial charge is 0.410 e. The second-order valence-corrected chi connectivity index (χ2v) is 10.7. The van der Waals surface area contributed by atoms with Crippen molar-refractivity contribution in [1.82, 2.24) is 19.4 Å². The van der Waals surface area contributed by atoms with E-state index in [-0.39, 0.29) is 35.5 Å². The van der Waals surface area contributed by atoms with Crippen molar-refractivity contribution in [2.24, 2.45) is 0 Å². The van der Waals surface area contributed by atoms with Gasteiger partial charge in [-0.05, 0) is 51.3 Å². The quantitative estimate of drug-likeness (QED) is 0.672. The molecule has 0 N–H and O–H groups in total. The van der Waals surface area contributed by atoms with Crippen molar-refractivity contribution in [1.29, 1.82) is 0 Å². The van der Waals surface area contributed by atoms with Crippen molar-refractivity contribution in [3.05, 3.63) is 29.7 Å². The van der Waals surface area contributed by atoms with Crippen LogP contribution in [0.15, 0.2) is 27.5 Å². The fourth-order valence-corrected chi connectivity index (χ4v) is 5.59. The van der Waals surface area contributed by atoms with Gasteiger partial charge in [0.15, 0.2) is 0 Å². The van der Waals surface area contributed by atoms with Crippen molar-refractivity contribution in [2.75, 3.05) is 13.1 Å². The Morgan fingerprint density at radius 1 is 1.31 bits per heavy atom. The Kier molecular flexibility index (Phi) is 5.70. The highest BCUT2D eigenvalue weighted by Crippen LogP contribution is 2.35. The lowest BCUT2D eigenvalue weighted by Gasteiger charge is -2.30. The molecule has 12 heteroatoms. The molecular weight excluding hydrogens is 446 g/mol. The molecular formula is C20H24F2N4O5S. The minimum Gasteiger partial charge on any atom is -0.444 e. The van der Waals surface area contributed by atoms with E-state index in [1.165, 1.54) is 10.4 Å². The number of rotatable bonds is 4. The molecule has 9 nitrogen and oxygen atoms in total. The first kappa shape index (κ1) is 22.6. The summed E-state index contributed by atoms with van der Waals surface area (Å²) in [4.78, 5) is 14.2. The predicted octanol–water partition coefficient (Wildman–Crippen LogP) is 3.58. The summed E-state index contributed by atoms with van der Waals surface area (Å²) in [7, 11) is -3.84. The van der Waals surface area contributed by atoms with E-state index in [0.717, 1.165) is 6.42 Å². The maximum absolute atomic E-state index is 13.2. The number of sulfonamides is 1. The molecule has 0 spiro atoms. The van der Waals surface area contributed by atoms with E-state index in [1.54, 1.807) is 37.8 Å². The topological polar surface area (TPSA) is 106 Å². The van der Waals surface area contributed by atoms with Gasteiger partial charge in [0.05, 0.1) is 4.90 Å². The average Bonchev–Trinajstić information content (AvgIpc) is 3.40. The fraction of sp³-hybridized carbons (Fsp3) is 0.550. The largest absolute Gasteiger partial charge is 0.444 e. The predicted molar refractivity (Wildman–Crippen MR) is 108 cm³/mol. The van der Waals surface area contributed by atoms with Crippen LogP contribution < -0.4 is 0 Å². The molecule has 1 fully saturated rings. The van der Waals surface area contributed by atoms with E-state index in [4.69, 9.17) is 9.15 Å². The molecule has 1 unspecified atom stereocenters. The molecule has 0 bridgehead atoms. The number of ether oxygens (including phenoxy) is 1. The molecule has 1 aromatic heterocycles. The highest BCUT2D eigenvalue weighted by Gasteiger charge is 2.40. The molecule has 0 aliphatic carbocycles. The number of hydrogen-bond donors (Lipinski definition) is 0. The Morgan fingerprint density at radius 3 is 2.72 bits per heavy atom. The summed E-state index contributed by atoms with van der Waals surface area (Å²) in [6, 6.07) is 4.23. The number of carbonyl (C=O) groups excluding carboxylic acids is 1. The van der Waals surface area contributed by atoms with E-state index in [9.17, 15) is 22.0 Å². The number of halogens is 2. The van der Waals surface area contributed by atoms with E-state index in [2.05, 4.69) is 10.2 Å². The third kappa shape index (κ3) is 4.33. The van der Waals surface area contributed by atoms with Gasteiger partial charge in [-0.2, -0.15) is 13.1 Å². The second kappa shape index (κ2) is 8.07. The molecule has 1 aromatic carbocycles. The molecule has 1 amide bonds. The van der Waals surface area contributed by atoms with Crippen LogP contribution in [0, 0.1) is 0 Å². The molecule has 3 heterocycles. The molecule has 2 aliphatic rings. The standard InChI is InChI=1S/C20H24F2N4O5S/c1-20(2,3)31-19(27)26-8-4-5-14(26)11-25-10-13-7-6-12(9-15(13)32(25,28)29)17-23-24-18(30-17)16(21)22/h6-7,9,14,16H,4-5,8,10-11H2,1-3H3. The summed E-state index contributed by atoms with van der Waals surface area (Å²) in [5, 5.41) is 6.86. The van der Waals surface area contributed by atoms with Gasteiger partial charge in [-0.3, -0.25) is 0 Å². The van der Waals surface area contributed by atoms with Gasteiger partial charge in [0.25, 0.3) is 5.89 Å². The van der Waals surface area contributed by atoms with Crippen molar-refractivity contribution < 1.29 is 31.1 Å². The van der Waals surface area contributed by atoms with Crippen molar-refractivity contribution in [2.45, 2.75) is 63.1 Å². The summed E-state index contributed by atoms with van der Waals surface area (Å²) < 4.78 is 63.5. The average molecular weight is 470 g/mol. The number of benzene rings is 1. The van der Waals surface area contributed by atoms with E-state index < -0.39 is 34.0 Å². The van der Waals surface area contributed by atoms with Crippen molar-refractivity contribution in [3.63, 3.8) is 0 Å². The second-order valence-electron chi connectivity index (χ2n) is 8.84. The highest BCUT2D eigenvalue weighted by atomic mass is 32.2. The van der Waals surface area contributed by atoms with Crippen LogP contribution >= 0.6 is 0 Å². The minimum atomic E-state index is -3.84.